The van der Waals surface area contributed by atoms with Gasteiger partial charge < -0.3 is 9.32 Å². The van der Waals surface area contributed by atoms with E-state index in [9.17, 15) is 14.4 Å². The lowest BCUT2D eigenvalue weighted by Gasteiger charge is -2.19. The smallest absolute Gasteiger partial charge is 0.313 e. The molecule has 0 spiro atoms. The van der Waals surface area contributed by atoms with Crippen molar-refractivity contribution in [3.63, 3.8) is 0 Å². The van der Waals surface area contributed by atoms with Crippen LogP contribution in [-0.4, -0.2) is 58.2 Å². The van der Waals surface area contributed by atoms with Crippen molar-refractivity contribution in [1.29, 1.82) is 5.41 Å². The number of nitrogens with one attached hydrogen (secondary N) is 2. The third-order valence-corrected chi connectivity index (χ3v) is 4.60. The zero-order valence-corrected chi connectivity index (χ0v) is 16.4. The van der Waals surface area contributed by atoms with Crippen LogP contribution in [0.3, 0.4) is 0 Å². The summed E-state index contributed by atoms with van der Waals surface area (Å²) in [6.45, 7) is 4.93. The lowest BCUT2D eigenvalue weighted by atomic mass is 10.3. The number of carbonyl (C=O) groups is 3. The number of aliphatic imine (C=N–C) groups is 2. The molecule has 2 heterocycles. The van der Waals surface area contributed by atoms with E-state index < -0.39 is 23.4 Å². The normalized spacial score (nSPS) is 15.7. The Bertz CT molecular complexity index is 813. The van der Waals surface area contributed by atoms with E-state index in [1.54, 1.807) is 4.90 Å². The number of carbonyl (C=O) groups excluding carboxylic acids is 3. The van der Waals surface area contributed by atoms with Crippen LogP contribution in [0.25, 0.3) is 0 Å². The van der Waals surface area contributed by atoms with E-state index in [2.05, 4.69) is 31.2 Å². The molecule has 2 rings (SSSR count). The van der Waals surface area contributed by atoms with Gasteiger partial charge in [0.1, 0.15) is 0 Å². The Hall–Kier alpha value is -2.27. The zero-order chi connectivity index (χ0) is 19.3. The van der Waals surface area contributed by atoms with Gasteiger partial charge in [-0.15, -0.1) is 0 Å². The Morgan fingerprint density at radius 1 is 1.38 bits per heavy atom. The fourth-order valence-corrected chi connectivity index (χ4v) is 3.07. The van der Waals surface area contributed by atoms with E-state index in [4.69, 9.17) is 9.83 Å². The van der Waals surface area contributed by atoms with E-state index >= 15 is 0 Å². The molecule has 0 saturated heterocycles. The predicted molar refractivity (Wildman–Crippen MR) is 102 cm³/mol. The first-order valence-corrected chi connectivity index (χ1v) is 9.41. The molecule has 0 saturated carbocycles. The minimum Gasteiger partial charge on any atom is -0.444 e. The number of halogens is 1. The van der Waals surface area contributed by atoms with Crippen molar-refractivity contribution in [2.24, 2.45) is 9.98 Å². The van der Waals surface area contributed by atoms with Crippen LogP contribution in [0.4, 0.5) is 0 Å². The molecule has 26 heavy (non-hydrogen) atoms. The van der Waals surface area contributed by atoms with E-state index in [-0.39, 0.29) is 22.6 Å². The number of nitrogens with zero attached hydrogens (tertiary/aromatic N) is 3. The number of hydrogen-bond donors (Lipinski definition) is 2. The van der Waals surface area contributed by atoms with E-state index in [1.165, 1.54) is 12.1 Å². The standard InChI is InChI=1S/C15H16BrN5O4S/c1-3-21(4-2)10(22)7-26-15-19-12(17)11(14(24)20-15)18-13(23)8-5-6-9(16)25-8/h5-6H,3-4,7H2,1-2H3,(H2,17,19,20,24). The van der Waals surface area contributed by atoms with Crippen molar-refractivity contribution < 1.29 is 18.8 Å². The summed E-state index contributed by atoms with van der Waals surface area (Å²) in [5.41, 5.74) is -0.415. The van der Waals surface area contributed by atoms with Gasteiger partial charge in [-0.05, 0) is 41.9 Å². The van der Waals surface area contributed by atoms with E-state index in [0.717, 1.165) is 11.8 Å². The van der Waals surface area contributed by atoms with Gasteiger partial charge in [0, 0.05) is 13.1 Å². The molecular weight excluding hydrogens is 426 g/mol. The van der Waals surface area contributed by atoms with Crippen LogP contribution in [-0.2, 0) is 9.59 Å². The largest absolute Gasteiger partial charge is 0.444 e. The molecule has 1 aliphatic heterocycles. The van der Waals surface area contributed by atoms with Crippen LogP contribution in [0.1, 0.15) is 24.4 Å². The molecule has 9 nitrogen and oxygen atoms in total. The average molecular weight is 442 g/mol. The van der Waals surface area contributed by atoms with Crippen molar-refractivity contribution in [1.82, 2.24) is 10.2 Å². The van der Waals surface area contributed by atoms with Crippen LogP contribution in [0.15, 0.2) is 31.2 Å². The molecule has 1 aromatic rings. The van der Waals surface area contributed by atoms with E-state index in [0.29, 0.717) is 17.8 Å². The SMILES string of the molecule is CCN(CC)C(=O)CSC1=NC(=N)C(=NC(=O)c2ccc(Br)o2)C(=O)N1. The van der Waals surface area contributed by atoms with Gasteiger partial charge in [-0.25, -0.2) is 4.99 Å². The summed E-state index contributed by atoms with van der Waals surface area (Å²) in [6.07, 6.45) is 0. The highest BCUT2D eigenvalue weighted by molar-refractivity contribution is 9.10. The van der Waals surface area contributed by atoms with Crippen LogP contribution in [0, 0.1) is 5.41 Å². The van der Waals surface area contributed by atoms with Gasteiger partial charge in [-0.1, -0.05) is 11.8 Å². The van der Waals surface area contributed by atoms with Crippen LogP contribution in [0.2, 0.25) is 0 Å². The lowest BCUT2D eigenvalue weighted by Crippen LogP contribution is -2.44. The Labute approximate surface area is 161 Å². The Morgan fingerprint density at radius 2 is 2.08 bits per heavy atom. The second-order valence-electron chi connectivity index (χ2n) is 4.94. The lowest BCUT2D eigenvalue weighted by molar-refractivity contribution is -0.128. The molecule has 2 N–H and O–H groups in total. The quantitative estimate of drug-likeness (QED) is 0.717. The fraction of sp³-hybridized carbons (Fsp3) is 0.333. The van der Waals surface area contributed by atoms with Crippen LogP contribution < -0.4 is 5.32 Å². The number of amidine groups is 2. The summed E-state index contributed by atoms with van der Waals surface area (Å²) in [6, 6.07) is 2.91. The van der Waals surface area contributed by atoms with Gasteiger partial charge in [0.25, 0.3) is 5.91 Å². The van der Waals surface area contributed by atoms with Crippen molar-refractivity contribution in [3.05, 3.63) is 22.6 Å². The molecular formula is C15H16BrN5O4S. The predicted octanol–water partition coefficient (Wildman–Crippen LogP) is 1.69. The van der Waals surface area contributed by atoms with Gasteiger partial charge in [0.2, 0.25) is 5.91 Å². The highest BCUT2D eigenvalue weighted by Gasteiger charge is 2.27. The Kier molecular flexibility index (Phi) is 6.86. The molecule has 1 aliphatic rings. The van der Waals surface area contributed by atoms with E-state index in [1.807, 2.05) is 13.8 Å². The molecule has 0 unspecified atom stereocenters. The van der Waals surface area contributed by atoms with Gasteiger partial charge in [-0.3, -0.25) is 25.1 Å². The molecule has 0 fully saturated rings. The molecule has 138 valence electrons. The summed E-state index contributed by atoms with van der Waals surface area (Å²) >= 11 is 4.08. The van der Waals surface area contributed by atoms with Crippen LogP contribution >= 0.6 is 27.7 Å². The highest BCUT2D eigenvalue weighted by atomic mass is 79.9. The Balaban J connectivity index is 2.06. The molecule has 0 radical (unpaired) electrons. The Morgan fingerprint density at radius 3 is 2.62 bits per heavy atom. The first kappa shape index (κ1) is 20.0. The van der Waals surface area contributed by atoms with Gasteiger partial charge in [-0.2, -0.15) is 4.99 Å². The second-order valence-corrected chi connectivity index (χ2v) is 6.69. The van der Waals surface area contributed by atoms with Crippen molar-refractivity contribution in [3.8, 4) is 0 Å². The molecule has 0 bridgehead atoms. The monoisotopic (exact) mass is 441 g/mol. The average Bonchev–Trinajstić information content (AvgIpc) is 3.03. The maximum absolute atomic E-state index is 12.1. The number of furan rings is 1. The van der Waals surface area contributed by atoms with Gasteiger partial charge in [0.05, 0.1) is 5.75 Å². The summed E-state index contributed by atoms with van der Waals surface area (Å²) in [5.74, 6) is -2.07. The number of rotatable bonds is 5. The van der Waals surface area contributed by atoms with Crippen LogP contribution in [0.5, 0.6) is 0 Å². The van der Waals surface area contributed by atoms with Gasteiger partial charge in [0.15, 0.2) is 27.1 Å². The summed E-state index contributed by atoms with van der Waals surface area (Å²) in [4.78, 5) is 45.2. The van der Waals surface area contributed by atoms with Gasteiger partial charge >= 0.3 is 5.91 Å². The topological polar surface area (TPSA) is 128 Å². The van der Waals surface area contributed by atoms with Crippen molar-refractivity contribution in [2.45, 2.75) is 13.8 Å². The molecule has 0 aliphatic carbocycles. The van der Waals surface area contributed by atoms with Crippen molar-refractivity contribution in [2.75, 3.05) is 18.8 Å². The molecule has 11 heteroatoms. The summed E-state index contributed by atoms with van der Waals surface area (Å²) in [7, 11) is 0. The number of thioether (sulfide) groups is 1. The van der Waals surface area contributed by atoms with Crippen molar-refractivity contribution >= 4 is 62.1 Å². The summed E-state index contributed by atoms with van der Waals surface area (Å²) in [5, 5.41) is 10.4. The minimum absolute atomic E-state index is 0.0704. The minimum atomic E-state index is -0.798. The first-order valence-electron chi connectivity index (χ1n) is 7.63. The summed E-state index contributed by atoms with van der Waals surface area (Å²) < 4.78 is 5.41. The third kappa shape index (κ3) is 4.88. The molecule has 0 aromatic carbocycles. The second kappa shape index (κ2) is 8.90. The number of amides is 3. The molecule has 1 aromatic heterocycles. The zero-order valence-electron chi connectivity index (χ0n) is 14.0. The maximum atomic E-state index is 12.1. The number of hydrogen-bond acceptors (Lipinski definition) is 6. The highest BCUT2D eigenvalue weighted by Crippen LogP contribution is 2.15. The maximum Gasteiger partial charge on any atom is 0.313 e. The first-order chi connectivity index (χ1) is 12.3. The fourth-order valence-electron chi connectivity index (χ4n) is 2.00. The third-order valence-electron chi connectivity index (χ3n) is 3.32. The molecule has 3 amide bonds. The molecule has 0 atom stereocenters.